The molecule has 2 aliphatic heterocycles. The van der Waals surface area contributed by atoms with Crippen LogP contribution in [0.25, 0.3) is 10.9 Å². The summed E-state index contributed by atoms with van der Waals surface area (Å²) >= 11 is 0. The maximum atomic E-state index is 14.1. The Morgan fingerprint density at radius 3 is 2.00 bits per heavy atom. The average molecular weight is 733 g/mol. The first-order valence-corrected chi connectivity index (χ1v) is 17.4. The van der Waals surface area contributed by atoms with Crippen molar-refractivity contribution in [2.24, 2.45) is 5.92 Å². The lowest BCUT2D eigenvalue weighted by molar-refractivity contribution is -0.141. The summed E-state index contributed by atoms with van der Waals surface area (Å²) in [6, 6.07) is 7.76. The van der Waals surface area contributed by atoms with Crippen LogP contribution in [-0.2, 0) is 40.0 Å². The van der Waals surface area contributed by atoms with Crippen LogP contribution in [0.4, 0.5) is 0 Å². The minimum absolute atomic E-state index is 0.0334. The maximum Gasteiger partial charge on any atom is 0.246 e. The Kier molecular flexibility index (Phi) is 12.3. The number of hydrogen-bond donors (Lipinski definition) is 9. The number of rotatable bonds is 5. The molecular weight excluding hydrogens is 688 g/mol. The van der Waals surface area contributed by atoms with E-state index in [-0.39, 0.29) is 24.3 Å². The topological polar surface area (TPSA) is 251 Å². The van der Waals surface area contributed by atoms with Gasteiger partial charge in [0.2, 0.25) is 41.4 Å². The Morgan fingerprint density at radius 1 is 0.755 bits per heavy atom. The molecule has 53 heavy (non-hydrogen) atoms. The van der Waals surface area contributed by atoms with Crippen molar-refractivity contribution < 1.29 is 43.8 Å². The number of aliphatic hydroxyl groups excluding tert-OH is 1. The summed E-state index contributed by atoms with van der Waals surface area (Å²) in [5.74, 6) is -5.68. The summed E-state index contributed by atoms with van der Waals surface area (Å²) in [4.78, 5) is 97.9. The molecule has 2 saturated heterocycles. The van der Waals surface area contributed by atoms with E-state index in [1.165, 1.54) is 29.2 Å². The monoisotopic (exact) mass is 732 g/mol. The molecule has 0 spiro atoms. The van der Waals surface area contributed by atoms with Gasteiger partial charge in [0, 0.05) is 30.1 Å². The number of nitrogens with zero attached hydrogens (tertiary/aromatic N) is 1. The van der Waals surface area contributed by atoms with Gasteiger partial charge < -0.3 is 52.0 Å². The van der Waals surface area contributed by atoms with Gasteiger partial charge in [-0.2, -0.15) is 0 Å². The lowest BCUT2D eigenvalue weighted by atomic mass is 10.0. The summed E-state index contributed by atoms with van der Waals surface area (Å²) in [6.45, 7) is 1.76. The van der Waals surface area contributed by atoms with Gasteiger partial charge in [0.05, 0.1) is 19.6 Å². The molecule has 3 heterocycles. The van der Waals surface area contributed by atoms with Crippen LogP contribution in [0.1, 0.15) is 43.9 Å². The van der Waals surface area contributed by atoms with Crippen molar-refractivity contribution in [1.29, 1.82) is 0 Å². The normalized spacial score (nSPS) is 23.5. The first kappa shape index (κ1) is 38.3. The van der Waals surface area contributed by atoms with Gasteiger partial charge in [-0.25, -0.2) is 0 Å². The van der Waals surface area contributed by atoms with Crippen molar-refractivity contribution in [3.63, 3.8) is 0 Å². The molecule has 17 heteroatoms. The van der Waals surface area contributed by atoms with Crippen molar-refractivity contribution in [1.82, 2.24) is 41.8 Å². The summed E-state index contributed by atoms with van der Waals surface area (Å²) in [6.07, 6.45) is 0.903. The molecule has 7 amide bonds. The Labute approximate surface area is 304 Å². The number of benzene rings is 2. The van der Waals surface area contributed by atoms with E-state index in [0.717, 1.165) is 10.9 Å². The van der Waals surface area contributed by atoms with E-state index in [2.05, 4.69) is 36.9 Å². The van der Waals surface area contributed by atoms with Crippen molar-refractivity contribution in [3.8, 4) is 5.75 Å². The molecule has 2 fully saturated rings. The zero-order valence-electron chi connectivity index (χ0n) is 29.3. The Bertz CT molecular complexity index is 1860. The van der Waals surface area contributed by atoms with Crippen LogP contribution in [0.3, 0.4) is 0 Å². The number of fused-ring (bicyclic) bond motifs is 2. The molecule has 5 atom stereocenters. The highest BCUT2D eigenvalue weighted by Crippen LogP contribution is 2.23. The van der Waals surface area contributed by atoms with Crippen LogP contribution in [0, 0.1) is 5.92 Å². The number of phenolic OH excluding ortho intramolecular Hbond substituents is 1. The summed E-state index contributed by atoms with van der Waals surface area (Å²) in [5, 5.41) is 36.7. The van der Waals surface area contributed by atoms with E-state index in [4.69, 9.17) is 0 Å². The molecule has 9 N–H and O–H groups in total. The molecule has 3 aromatic rings. The number of H-pyrrole nitrogens is 1. The minimum Gasteiger partial charge on any atom is -0.508 e. The lowest BCUT2D eigenvalue weighted by Gasteiger charge is -2.29. The quantitative estimate of drug-likeness (QED) is 0.150. The smallest absolute Gasteiger partial charge is 0.246 e. The Balaban J connectivity index is 1.44. The molecule has 0 aliphatic carbocycles. The van der Waals surface area contributed by atoms with Crippen molar-refractivity contribution in [2.45, 2.75) is 63.4 Å². The summed E-state index contributed by atoms with van der Waals surface area (Å²) in [5.41, 5.74) is 1.68. The largest absolute Gasteiger partial charge is 0.508 e. The van der Waals surface area contributed by atoms with Crippen LogP contribution in [0.15, 0.2) is 54.7 Å². The highest BCUT2D eigenvalue weighted by Gasteiger charge is 2.39. The fraction of sp³-hybridized carbons (Fsp3) is 0.417. The number of phenols is 1. The number of aromatic amines is 1. The van der Waals surface area contributed by atoms with Crippen molar-refractivity contribution in [2.75, 3.05) is 26.2 Å². The van der Waals surface area contributed by atoms with E-state index in [1.54, 1.807) is 20.0 Å². The van der Waals surface area contributed by atoms with E-state index in [1.807, 2.05) is 24.3 Å². The highest BCUT2D eigenvalue weighted by molar-refractivity contribution is 5.97. The molecule has 0 radical (unpaired) electrons. The number of carbonyl (C=O) groups is 7. The second-order valence-corrected chi connectivity index (χ2v) is 13.4. The predicted octanol–water partition coefficient (Wildman–Crippen LogP) is -1.39. The maximum absolute atomic E-state index is 14.1. The van der Waals surface area contributed by atoms with Crippen LogP contribution in [0.5, 0.6) is 5.75 Å². The molecule has 5 rings (SSSR count). The number of amides is 7. The van der Waals surface area contributed by atoms with Gasteiger partial charge >= 0.3 is 0 Å². The lowest BCUT2D eigenvalue weighted by Crippen LogP contribution is -2.56. The van der Waals surface area contributed by atoms with E-state index in [0.29, 0.717) is 18.4 Å². The summed E-state index contributed by atoms with van der Waals surface area (Å²) < 4.78 is 0. The molecule has 17 nitrogen and oxygen atoms in total. The molecule has 0 saturated carbocycles. The third-order valence-corrected chi connectivity index (χ3v) is 9.26. The standard InChI is InChI=1S/C36H44N8O9/c1-19(2)30-34(51)39-18-29(48)43-31(32(49)20-9-11-22(45)12-10-20)35(52)40-16-27(46)41-25(14-21-15-37-24-7-4-3-6-23(21)24)36(53)44-13-5-8-26(44)33(50)38-17-28(47)42-30/h3-4,6-7,9-12,15,19,25-26,30-32,37,45,49H,5,8,13-14,16-18H2,1-2H3,(H,38,50)(H,39,51)(H,40,52)(H,41,46)(H,42,47)(H,43,48)/t25-,26-,30-,31+,32+/m0/s1. The molecular formula is C36H44N8O9. The molecule has 2 aromatic carbocycles. The number of aromatic hydroxyl groups is 1. The fourth-order valence-electron chi connectivity index (χ4n) is 6.44. The van der Waals surface area contributed by atoms with Crippen LogP contribution in [0.2, 0.25) is 0 Å². The second kappa shape index (κ2) is 17.0. The Morgan fingerprint density at radius 2 is 1.34 bits per heavy atom. The number of nitrogens with one attached hydrogen (secondary N) is 7. The van der Waals surface area contributed by atoms with Gasteiger partial charge in [0.25, 0.3) is 0 Å². The van der Waals surface area contributed by atoms with Gasteiger partial charge in [-0.05, 0) is 48.1 Å². The fourth-order valence-corrected chi connectivity index (χ4v) is 6.44. The SMILES string of the molecule is CC(C)[C@@H]1NC(=O)CNC(=O)[C@@H]2CCCN2C(=O)[C@H](Cc2c[nH]c3ccccc23)NC(=O)CNC(=O)[C@@H]([C@H](O)c2ccc(O)cc2)NC(=O)CNC1=O. The van der Waals surface area contributed by atoms with Gasteiger partial charge in [-0.15, -0.1) is 0 Å². The third-order valence-electron chi connectivity index (χ3n) is 9.26. The summed E-state index contributed by atoms with van der Waals surface area (Å²) in [7, 11) is 0. The van der Waals surface area contributed by atoms with Gasteiger partial charge in [-0.1, -0.05) is 44.2 Å². The van der Waals surface area contributed by atoms with Crippen LogP contribution in [-0.4, -0.2) is 112 Å². The van der Waals surface area contributed by atoms with Gasteiger partial charge in [-0.3, -0.25) is 33.6 Å². The molecule has 2 aliphatic rings. The zero-order chi connectivity index (χ0) is 38.2. The molecule has 282 valence electrons. The molecule has 0 bridgehead atoms. The second-order valence-electron chi connectivity index (χ2n) is 13.4. The van der Waals surface area contributed by atoms with E-state index >= 15 is 0 Å². The van der Waals surface area contributed by atoms with Gasteiger partial charge in [0.15, 0.2) is 0 Å². The number of para-hydroxylation sites is 1. The molecule has 1 aromatic heterocycles. The first-order valence-electron chi connectivity index (χ1n) is 17.4. The van der Waals surface area contributed by atoms with Crippen molar-refractivity contribution in [3.05, 3.63) is 65.9 Å². The van der Waals surface area contributed by atoms with Crippen LogP contribution < -0.4 is 31.9 Å². The van der Waals surface area contributed by atoms with Gasteiger partial charge in [0.1, 0.15) is 36.0 Å². The molecule has 0 unspecified atom stereocenters. The van der Waals surface area contributed by atoms with Crippen LogP contribution >= 0.6 is 0 Å². The van der Waals surface area contributed by atoms with Crippen molar-refractivity contribution >= 4 is 52.3 Å². The Hall–Kier alpha value is -5.97. The average Bonchev–Trinajstić information content (AvgIpc) is 3.80. The third kappa shape index (κ3) is 9.48. The van der Waals surface area contributed by atoms with E-state index in [9.17, 15) is 43.8 Å². The number of carbonyl (C=O) groups excluding carboxylic acids is 7. The number of hydrogen-bond acceptors (Lipinski definition) is 9. The predicted molar refractivity (Wildman–Crippen MR) is 189 cm³/mol. The zero-order valence-corrected chi connectivity index (χ0v) is 29.3. The first-order chi connectivity index (χ1) is 25.3. The number of aromatic nitrogens is 1. The minimum atomic E-state index is -1.67. The van der Waals surface area contributed by atoms with E-state index < -0.39 is 97.2 Å². The number of aliphatic hydroxyl groups is 1. The highest BCUT2D eigenvalue weighted by atomic mass is 16.3.